The fourth-order valence-corrected chi connectivity index (χ4v) is 3.16. The summed E-state index contributed by atoms with van der Waals surface area (Å²) in [5, 5.41) is 9.11. The number of hydrogen-bond acceptors (Lipinski definition) is 6. The highest BCUT2D eigenvalue weighted by Crippen LogP contribution is 2.27. The Morgan fingerprint density at radius 2 is 1.90 bits per heavy atom. The van der Waals surface area contributed by atoms with Crippen LogP contribution < -0.4 is 14.2 Å². The van der Waals surface area contributed by atoms with Crippen molar-refractivity contribution in [3.8, 4) is 23.3 Å². The predicted octanol–water partition coefficient (Wildman–Crippen LogP) is 4.35. The van der Waals surface area contributed by atoms with E-state index in [2.05, 4.69) is 9.97 Å². The second kappa shape index (κ2) is 8.35. The molecule has 0 saturated carbocycles. The highest BCUT2D eigenvalue weighted by Gasteiger charge is 2.12. The molecule has 8 nitrogen and oxygen atoms in total. The first-order valence-corrected chi connectivity index (χ1v) is 9.55. The Bertz CT molecular complexity index is 1270. The van der Waals surface area contributed by atoms with E-state index in [1.54, 1.807) is 25.3 Å². The molecule has 0 atom stereocenters. The first-order chi connectivity index (χ1) is 14.9. The molecular weight excluding hydrogens is 398 g/mol. The lowest BCUT2D eigenvalue weighted by Gasteiger charge is -2.09. The van der Waals surface area contributed by atoms with Crippen molar-refractivity contribution in [2.75, 3.05) is 7.11 Å². The number of methoxy groups -OCH3 is 1. The van der Waals surface area contributed by atoms with Gasteiger partial charge in [0.2, 0.25) is 11.8 Å². The van der Waals surface area contributed by atoms with E-state index in [9.17, 15) is 4.79 Å². The summed E-state index contributed by atoms with van der Waals surface area (Å²) in [6, 6.07) is 15.6. The smallest absolute Gasteiger partial charge is 0.335 e. The summed E-state index contributed by atoms with van der Waals surface area (Å²) < 4.78 is 18.8. The average Bonchev–Trinajstić information content (AvgIpc) is 3.09. The number of pyridine rings is 1. The summed E-state index contributed by atoms with van der Waals surface area (Å²) in [5.41, 5.74) is 2.76. The van der Waals surface area contributed by atoms with Crippen LogP contribution in [0.15, 0.2) is 54.6 Å². The fraction of sp³-hybridized carbons (Fsp3) is 0.174. The van der Waals surface area contributed by atoms with Gasteiger partial charge in [-0.25, -0.2) is 9.78 Å². The molecule has 1 N–H and O–H groups in total. The highest BCUT2D eigenvalue weighted by atomic mass is 16.5. The van der Waals surface area contributed by atoms with Crippen LogP contribution >= 0.6 is 0 Å². The SMILES string of the molecule is COc1nc(Oc2ccc3nc(COc4cccc(C(=O)O)c4)n(C)c3c2)ccc1C. The van der Waals surface area contributed by atoms with E-state index in [-0.39, 0.29) is 12.2 Å². The highest BCUT2D eigenvalue weighted by molar-refractivity contribution is 5.88. The van der Waals surface area contributed by atoms with Crippen LogP contribution in [0.3, 0.4) is 0 Å². The lowest BCUT2D eigenvalue weighted by atomic mass is 10.2. The predicted molar refractivity (Wildman–Crippen MR) is 114 cm³/mol. The van der Waals surface area contributed by atoms with Gasteiger partial charge >= 0.3 is 5.97 Å². The van der Waals surface area contributed by atoms with Crippen molar-refractivity contribution in [3.63, 3.8) is 0 Å². The van der Waals surface area contributed by atoms with Gasteiger partial charge in [-0.05, 0) is 43.3 Å². The molecule has 0 unspecified atom stereocenters. The van der Waals surface area contributed by atoms with E-state index in [1.165, 1.54) is 12.1 Å². The third-order valence-electron chi connectivity index (χ3n) is 4.83. The second-order valence-corrected chi connectivity index (χ2v) is 6.94. The van der Waals surface area contributed by atoms with Crippen LogP contribution in [0.2, 0.25) is 0 Å². The van der Waals surface area contributed by atoms with Crippen molar-refractivity contribution in [3.05, 3.63) is 71.5 Å². The Labute approximate surface area is 178 Å². The van der Waals surface area contributed by atoms with E-state index in [0.29, 0.717) is 29.1 Å². The molecule has 0 radical (unpaired) electrons. The van der Waals surface area contributed by atoms with Crippen molar-refractivity contribution in [1.29, 1.82) is 0 Å². The maximum absolute atomic E-state index is 11.1. The zero-order chi connectivity index (χ0) is 22.0. The number of ether oxygens (including phenoxy) is 3. The number of aryl methyl sites for hydroxylation is 2. The third kappa shape index (κ3) is 4.28. The summed E-state index contributed by atoms with van der Waals surface area (Å²) in [6.07, 6.45) is 0. The maximum atomic E-state index is 11.1. The second-order valence-electron chi connectivity index (χ2n) is 6.94. The first-order valence-electron chi connectivity index (χ1n) is 9.55. The number of imidazole rings is 1. The van der Waals surface area contributed by atoms with Gasteiger partial charge in [-0.2, -0.15) is 4.98 Å². The van der Waals surface area contributed by atoms with Gasteiger partial charge in [-0.15, -0.1) is 0 Å². The van der Waals surface area contributed by atoms with E-state index < -0.39 is 5.97 Å². The molecule has 2 aromatic heterocycles. The molecule has 0 saturated heterocycles. The van der Waals surface area contributed by atoms with Gasteiger partial charge in [-0.1, -0.05) is 6.07 Å². The number of benzene rings is 2. The molecule has 8 heteroatoms. The standard InChI is InChI=1S/C23H21N3O5/c1-14-7-10-21(25-22(14)29-3)31-17-8-9-18-19(12-17)26(2)20(24-18)13-30-16-6-4-5-15(11-16)23(27)28/h4-12H,13H2,1-3H3,(H,27,28). The topological polar surface area (TPSA) is 95.7 Å². The van der Waals surface area contributed by atoms with Crippen LogP contribution in [0, 0.1) is 6.92 Å². The molecule has 0 aliphatic carbocycles. The van der Waals surface area contributed by atoms with Crippen molar-refractivity contribution in [1.82, 2.24) is 14.5 Å². The number of nitrogens with zero attached hydrogens (tertiary/aromatic N) is 3. The molecular formula is C23H21N3O5. The lowest BCUT2D eigenvalue weighted by molar-refractivity contribution is 0.0696. The molecule has 4 aromatic rings. The van der Waals surface area contributed by atoms with Crippen LogP contribution in [0.1, 0.15) is 21.7 Å². The van der Waals surface area contributed by atoms with Crippen molar-refractivity contribution < 1.29 is 24.1 Å². The van der Waals surface area contributed by atoms with Gasteiger partial charge in [0.1, 0.15) is 23.9 Å². The summed E-state index contributed by atoms with van der Waals surface area (Å²) in [6.45, 7) is 2.11. The largest absolute Gasteiger partial charge is 0.486 e. The van der Waals surface area contributed by atoms with Crippen molar-refractivity contribution in [2.24, 2.45) is 7.05 Å². The van der Waals surface area contributed by atoms with E-state index in [4.69, 9.17) is 19.3 Å². The summed E-state index contributed by atoms with van der Waals surface area (Å²) in [5.74, 6) is 1.74. The van der Waals surface area contributed by atoms with E-state index >= 15 is 0 Å². The molecule has 158 valence electrons. The number of carboxylic acids is 1. The Morgan fingerprint density at radius 1 is 1.06 bits per heavy atom. The quantitative estimate of drug-likeness (QED) is 0.476. The van der Waals surface area contributed by atoms with Crippen molar-refractivity contribution >= 4 is 17.0 Å². The van der Waals surface area contributed by atoms with Gasteiger partial charge in [0, 0.05) is 24.7 Å². The number of carboxylic acid groups (broad SMARTS) is 1. The molecule has 0 amide bonds. The molecule has 31 heavy (non-hydrogen) atoms. The Balaban J connectivity index is 1.54. The minimum atomic E-state index is -0.999. The Morgan fingerprint density at radius 3 is 2.68 bits per heavy atom. The van der Waals surface area contributed by atoms with Crippen LogP contribution in [0.25, 0.3) is 11.0 Å². The number of rotatable bonds is 7. The van der Waals surface area contributed by atoms with Crippen LogP contribution in [0.5, 0.6) is 23.3 Å². The van der Waals surface area contributed by atoms with Crippen LogP contribution in [-0.4, -0.2) is 32.7 Å². The summed E-state index contributed by atoms with van der Waals surface area (Å²) >= 11 is 0. The fourth-order valence-electron chi connectivity index (χ4n) is 3.16. The maximum Gasteiger partial charge on any atom is 0.335 e. The number of hydrogen-bond donors (Lipinski definition) is 1. The van der Waals surface area contributed by atoms with Gasteiger partial charge in [-0.3, -0.25) is 0 Å². The molecule has 2 aromatic carbocycles. The normalized spacial score (nSPS) is 10.8. The minimum Gasteiger partial charge on any atom is -0.486 e. The summed E-state index contributed by atoms with van der Waals surface area (Å²) in [7, 11) is 3.46. The summed E-state index contributed by atoms with van der Waals surface area (Å²) in [4.78, 5) is 20.1. The molecule has 0 aliphatic rings. The molecule has 0 spiro atoms. The van der Waals surface area contributed by atoms with Crippen LogP contribution in [-0.2, 0) is 13.7 Å². The molecule has 2 heterocycles. The number of carbonyl (C=O) groups is 1. The average molecular weight is 419 g/mol. The van der Waals surface area contributed by atoms with Crippen LogP contribution in [0.4, 0.5) is 0 Å². The number of aromatic nitrogens is 3. The van der Waals surface area contributed by atoms with Gasteiger partial charge in [0.15, 0.2) is 0 Å². The van der Waals surface area contributed by atoms with Gasteiger partial charge in [0.05, 0.1) is 23.7 Å². The number of fused-ring (bicyclic) bond motifs is 1. The van der Waals surface area contributed by atoms with Gasteiger partial charge in [0.25, 0.3) is 0 Å². The monoisotopic (exact) mass is 419 g/mol. The number of aromatic carboxylic acids is 1. The zero-order valence-electron chi connectivity index (χ0n) is 17.3. The molecule has 0 fully saturated rings. The minimum absolute atomic E-state index is 0.172. The van der Waals surface area contributed by atoms with Crippen molar-refractivity contribution in [2.45, 2.75) is 13.5 Å². The molecule has 0 aliphatic heterocycles. The zero-order valence-corrected chi connectivity index (χ0v) is 17.3. The Kier molecular flexibility index (Phi) is 5.44. The van der Waals surface area contributed by atoms with E-state index in [1.807, 2.05) is 42.8 Å². The van der Waals surface area contributed by atoms with E-state index in [0.717, 1.165) is 16.6 Å². The first kappa shape index (κ1) is 20.2. The lowest BCUT2D eigenvalue weighted by Crippen LogP contribution is -2.04. The third-order valence-corrected chi connectivity index (χ3v) is 4.83. The molecule has 0 bridgehead atoms. The molecule has 4 rings (SSSR count). The Hall–Kier alpha value is -4.07. The van der Waals surface area contributed by atoms with Gasteiger partial charge < -0.3 is 23.9 Å².